The van der Waals surface area contributed by atoms with Crippen LogP contribution in [0.2, 0.25) is 0 Å². The zero-order valence-electron chi connectivity index (χ0n) is 22.9. The maximum absolute atomic E-state index is 13.2. The summed E-state index contributed by atoms with van der Waals surface area (Å²) >= 11 is 0. The highest BCUT2D eigenvalue weighted by atomic mass is 16.5. The molecule has 0 spiro atoms. The van der Waals surface area contributed by atoms with Gasteiger partial charge in [0.1, 0.15) is 6.61 Å². The molecule has 0 bridgehead atoms. The number of amides is 2. The largest absolute Gasteiger partial charge is 0.459 e. The number of carbonyl (C=O) groups is 3. The van der Waals surface area contributed by atoms with Gasteiger partial charge in [-0.1, -0.05) is 97.1 Å². The number of ether oxygens (including phenoxy) is 1. The molecule has 41 heavy (non-hydrogen) atoms. The van der Waals surface area contributed by atoms with Gasteiger partial charge in [-0.3, -0.25) is 9.59 Å². The summed E-state index contributed by atoms with van der Waals surface area (Å²) in [5.74, 6) is -0.953. The average Bonchev–Trinajstić information content (AvgIpc) is 3.02. The van der Waals surface area contributed by atoms with Crippen LogP contribution in [-0.4, -0.2) is 30.9 Å². The predicted molar refractivity (Wildman–Crippen MR) is 160 cm³/mol. The molecular weight excluding hydrogens is 514 g/mol. The van der Waals surface area contributed by atoms with Gasteiger partial charge >= 0.3 is 5.97 Å². The van der Waals surface area contributed by atoms with Crippen molar-refractivity contribution in [2.24, 2.45) is 5.73 Å². The van der Waals surface area contributed by atoms with Crippen LogP contribution in [-0.2, 0) is 27.4 Å². The van der Waals surface area contributed by atoms with E-state index in [4.69, 9.17) is 10.5 Å². The van der Waals surface area contributed by atoms with Gasteiger partial charge in [-0.2, -0.15) is 0 Å². The molecule has 0 saturated carbocycles. The van der Waals surface area contributed by atoms with Gasteiger partial charge in [-0.25, -0.2) is 4.79 Å². The molecule has 1 atom stereocenters. The molecule has 4 aromatic rings. The molecule has 210 valence electrons. The van der Waals surface area contributed by atoms with Crippen LogP contribution in [0.5, 0.6) is 0 Å². The lowest BCUT2D eigenvalue weighted by molar-refractivity contribution is -0.149. The maximum Gasteiger partial charge on any atom is 0.333 e. The second-order valence-corrected chi connectivity index (χ2v) is 9.65. The minimum atomic E-state index is -0.921. The van der Waals surface area contributed by atoms with E-state index in [9.17, 15) is 14.4 Å². The number of rotatable bonds is 13. The normalized spacial score (nSPS) is 11.3. The molecular formula is C34H35N3O4. The molecule has 2 amide bonds. The molecule has 1 unspecified atom stereocenters. The third-order valence-electron chi connectivity index (χ3n) is 6.61. The van der Waals surface area contributed by atoms with Crippen molar-refractivity contribution in [3.05, 3.63) is 131 Å². The molecule has 7 heteroatoms. The lowest BCUT2D eigenvalue weighted by Crippen LogP contribution is -2.34. The van der Waals surface area contributed by atoms with Crippen LogP contribution in [0.1, 0.15) is 45.9 Å². The van der Waals surface area contributed by atoms with Crippen LogP contribution in [0.25, 0.3) is 11.1 Å². The monoisotopic (exact) mass is 549 g/mol. The number of esters is 1. The number of benzene rings is 4. The van der Waals surface area contributed by atoms with Crippen LogP contribution in [0.3, 0.4) is 0 Å². The van der Waals surface area contributed by atoms with Gasteiger partial charge in [0.25, 0.3) is 5.91 Å². The summed E-state index contributed by atoms with van der Waals surface area (Å²) < 4.78 is 5.69. The van der Waals surface area contributed by atoms with Crippen LogP contribution in [0.4, 0.5) is 0 Å². The van der Waals surface area contributed by atoms with E-state index in [1.807, 2.05) is 91.0 Å². The number of aryl methyl sites for hydroxylation is 1. The Kier molecular flexibility index (Phi) is 10.8. The van der Waals surface area contributed by atoms with E-state index in [0.717, 1.165) is 23.1 Å². The van der Waals surface area contributed by atoms with Gasteiger partial charge in [0, 0.05) is 25.1 Å². The number of carbonyl (C=O) groups excluding carboxylic acids is 3. The highest BCUT2D eigenvalue weighted by Gasteiger charge is 2.24. The van der Waals surface area contributed by atoms with Gasteiger partial charge < -0.3 is 21.1 Å². The van der Waals surface area contributed by atoms with Crippen molar-refractivity contribution in [2.75, 3.05) is 13.1 Å². The Hall–Kier alpha value is -4.75. The summed E-state index contributed by atoms with van der Waals surface area (Å²) in [6.45, 7) is 0.754. The van der Waals surface area contributed by atoms with Crippen molar-refractivity contribution >= 4 is 17.8 Å². The summed E-state index contributed by atoms with van der Waals surface area (Å²) in [5, 5.41) is 5.67. The summed E-state index contributed by atoms with van der Waals surface area (Å²) in [6, 6.07) is 33.0. The number of nitrogens with two attached hydrogens (primary N) is 1. The summed E-state index contributed by atoms with van der Waals surface area (Å²) in [5.41, 5.74) is 10.2. The summed E-state index contributed by atoms with van der Waals surface area (Å²) in [7, 11) is 0. The number of nitrogens with one attached hydrogen (secondary N) is 2. The first-order valence-corrected chi connectivity index (χ1v) is 13.8. The molecule has 0 heterocycles. The van der Waals surface area contributed by atoms with E-state index in [1.54, 1.807) is 18.2 Å². The maximum atomic E-state index is 13.2. The SMILES string of the molecule is NCCNC(=O)c1ccccc1-c1cccc(COC(=O)C(NC(=O)CCCc2ccccc2)c2ccccc2)c1. The van der Waals surface area contributed by atoms with E-state index in [1.165, 1.54) is 5.56 Å². The highest BCUT2D eigenvalue weighted by molar-refractivity contribution is 6.00. The smallest absolute Gasteiger partial charge is 0.333 e. The second kappa shape index (κ2) is 15.1. The lowest BCUT2D eigenvalue weighted by atomic mass is 9.97. The molecule has 4 aromatic carbocycles. The highest BCUT2D eigenvalue weighted by Crippen LogP contribution is 2.25. The average molecular weight is 550 g/mol. The standard InChI is InChI=1S/C34H35N3O4/c35-21-22-36-33(39)30-19-8-7-18-29(30)28-17-9-14-26(23-28)24-41-34(40)32(27-15-5-2-6-16-27)37-31(38)20-10-13-25-11-3-1-4-12-25/h1-9,11-12,14-19,23,32H,10,13,20-22,24,35H2,(H,36,39)(H,37,38). The Labute approximate surface area is 240 Å². The molecule has 0 aromatic heterocycles. The molecule has 0 aliphatic carbocycles. The second-order valence-electron chi connectivity index (χ2n) is 9.65. The van der Waals surface area contributed by atoms with E-state index < -0.39 is 12.0 Å². The van der Waals surface area contributed by atoms with Gasteiger partial charge in [0.2, 0.25) is 5.91 Å². The third kappa shape index (κ3) is 8.62. The quantitative estimate of drug-likeness (QED) is 0.204. The third-order valence-corrected chi connectivity index (χ3v) is 6.61. The molecule has 0 radical (unpaired) electrons. The first kappa shape index (κ1) is 29.2. The Balaban J connectivity index is 1.42. The van der Waals surface area contributed by atoms with E-state index in [-0.39, 0.29) is 18.4 Å². The van der Waals surface area contributed by atoms with E-state index >= 15 is 0 Å². The first-order valence-electron chi connectivity index (χ1n) is 13.8. The van der Waals surface area contributed by atoms with Gasteiger partial charge in [0.05, 0.1) is 0 Å². The lowest BCUT2D eigenvalue weighted by Gasteiger charge is -2.18. The topological polar surface area (TPSA) is 111 Å². The molecule has 7 nitrogen and oxygen atoms in total. The van der Waals surface area contributed by atoms with Gasteiger partial charge in [-0.15, -0.1) is 0 Å². The Bertz CT molecular complexity index is 1440. The minimum Gasteiger partial charge on any atom is -0.459 e. The summed E-state index contributed by atoms with van der Waals surface area (Å²) in [6.07, 6.45) is 1.75. The van der Waals surface area contributed by atoms with E-state index in [2.05, 4.69) is 10.6 Å². The van der Waals surface area contributed by atoms with Crippen molar-refractivity contribution in [1.29, 1.82) is 0 Å². The molecule has 0 aliphatic rings. The minimum absolute atomic E-state index is 0.0153. The molecule has 4 N–H and O–H groups in total. The molecule has 4 rings (SSSR count). The fraction of sp³-hybridized carbons (Fsp3) is 0.206. The summed E-state index contributed by atoms with van der Waals surface area (Å²) in [4.78, 5) is 38.7. The van der Waals surface area contributed by atoms with Gasteiger partial charge in [-0.05, 0) is 52.8 Å². The predicted octanol–water partition coefficient (Wildman–Crippen LogP) is 4.97. The number of hydrogen-bond acceptors (Lipinski definition) is 5. The molecule has 0 saturated heterocycles. The fourth-order valence-corrected chi connectivity index (χ4v) is 4.53. The Morgan fingerprint density at radius 3 is 2.22 bits per heavy atom. The van der Waals surface area contributed by atoms with Crippen molar-refractivity contribution < 1.29 is 19.1 Å². The Morgan fingerprint density at radius 2 is 1.46 bits per heavy atom. The number of hydrogen-bond donors (Lipinski definition) is 3. The van der Waals surface area contributed by atoms with Crippen molar-refractivity contribution in [3.8, 4) is 11.1 Å². The van der Waals surface area contributed by atoms with Crippen LogP contribution in [0.15, 0.2) is 109 Å². The van der Waals surface area contributed by atoms with Crippen molar-refractivity contribution in [3.63, 3.8) is 0 Å². The zero-order valence-corrected chi connectivity index (χ0v) is 22.9. The first-order chi connectivity index (χ1) is 20.0. The fourth-order valence-electron chi connectivity index (χ4n) is 4.53. The van der Waals surface area contributed by atoms with Crippen LogP contribution >= 0.6 is 0 Å². The van der Waals surface area contributed by atoms with Crippen LogP contribution in [0, 0.1) is 0 Å². The van der Waals surface area contributed by atoms with Crippen molar-refractivity contribution in [1.82, 2.24) is 10.6 Å². The van der Waals surface area contributed by atoms with E-state index in [0.29, 0.717) is 37.1 Å². The Morgan fingerprint density at radius 1 is 0.780 bits per heavy atom. The van der Waals surface area contributed by atoms with Gasteiger partial charge in [0.15, 0.2) is 6.04 Å². The van der Waals surface area contributed by atoms with Crippen LogP contribution < -0.4 is 16.4 Å². The molecule has 0 fully saturated rings. The zero-order chi connectivity index (χ0) is 28.9. The van der Waals surface area contributed by atoms with Crippen molar-refractivity contribution in [2.45, 2.75) is 31.9 Å². The molecule has 0 aliphatic heterocycles.